The number of rotatable bonds is 8. The van der Waals surface area contributed by atoms with Gasteiger partial charge in [-0.2, -0.15) is 0 Å². The summed E-state index contributed by atoms with van der Waals surface area (Å²) in [4.78, 5) is 30.4. The maximum absolute atomic E-state index is 13.0. The average molecular weight is 509 g/mol. The van der Waals surface area contributed by atoms with Gasteiger partial charge in [0, 0.05) is 60.5 Å². The van der Waals surface area contributed by atoms with E-state index in [1.807, 2.05) is 72.8 Å². The third kappa shape index (κ3) is 4.70. The lowest BCUT2D eigenvalue weighted by Crippen LogP contribution is -2.21. The van der Waals surface area contributed by atoms with Crippen LogP contribution in [-0.4, -0.2) is 26.2 Å². The van der Waals surface area contributed by atoms with E-state index in [-0.39, 0.29) is 0 Å². The van der Waals surface area contributed by atoms with Crippen molar-refractivity contribution < 1.29 is 8.83 Å². The molecule has 2 heterocycles. The van der Waals surface area contributed by atoms with E-state index in [1.165, 1.54) is 0 Å². The Hall–Kier alpha value is -4.32. The molecular weight excluding hydrogens is 476 g/mol. The van der Waals surface area contributed by atoms with Crippen molar-refractivity contribution in [3.05, 3.63) is 93.6 Å². The van der Waals surface area contributed by atoms with Gasteiger partial charge < -0.3 is 18.6 Å². The summed E-state index contributed by atoms with van der Waals surface area (Å²) in [6, 6.07) is 22.9. The van der Waals surface area contributed by atoms with Crippen molar-refractivity contribution in [2.75, 3.05) is 36.0 Å². The molecule has 0 N–H and O–H groups in total. The van der Waals surface area contributed by atoms with Crippen molar-refractivity contribution in [3.63, 3.8) is 0 Å². The third-order valence-electron chi connectivity index (χ3n) is 7.18. The van der Waals surface area contributed by atoms with Crippen molar-refractivity contribution in [2.24, 2.45) is 0 Å². The summed E-state index contributed by atoms with van der Waals surface area (Å²) in [5, 5.41) is 1.69. The Morgan fingerprint density at radius 1 is 0.553 bits per heavy atom. The summed E-state index contributed by atoms with van der Waals surface area (Å²) in [6.45, 7) is 11.9. The van der Waals surface area contributed by atoms with Gasteiger partial charge in [0.25, 0.3) is 0 Å². The molecule has 2 aromatic heterocycles. The Morgan fingerprint density at radius 3 is 1.37 bits per heavy atom. The molecule has 38 heavy (non-hydrogen) atoms. The minimum Gasteiger partial charge on any atom is -0.422 e. The van der Waals surface area contributed by atoms with Crippen LogP contribution in [-0.2, 0) is 0 Å². The Morgan fingerprint density at radius 2 is 0.974 bits per heavy atom. The summed E-state index contributed by atoms with van der Waals surface area (Å²) in [5.74, 6) is 0. The zero-order valence-electron chi connectivity index (χ0n) is 22.3. The van der Waals surface area contributed by atoms with Crippen LogP contribution < -0.4 is 21.1 Å². The molecule has 194 valence electrons. The van der Waals surface area contributed by atoms with Crippen LogP contribution in [0.5, 0.6) is 0 Å². The molecule has 0 saturated heterocycles. The SMILES string of the molecule is CCN(CC)c1ccc2cc(-c3cccc(-c4cc5ccc(N(CC)CC)cc5oc4=O)c3)c(=O)oc2c1. The van der Waals surface area contributed by atoms with Crippen molar-refractivity contribution in [2.45, 2.75) is 27.7 Å². The van der Waals surface area contributed by atoms with Crippen LogP contribution in [0.4, 0.5) is 11.4 Å². The number of hydrogen-bond donors (Lipinski definition) is 0. The molecular formula is C32H32N2O4. The smallest absolute Gasteiger partial charge is 0.344 e. The van der Waals surface area contributed by atoms with Crippen molar-refractivity contribution in [1.82, 2.24) is 0 Å². The van der Waals surface area contributed by atoms with Crippen LogP contribution >= 0.6 is 0 Å². The quantitative estimate of drug-likeness (QED) is 0.212. The first-order valence-electron chi connectivity index (χ1n) is 13.2. The monoisotopic (exact) mass is 508 g/mol. The van der Waals surface area contributed by atoms with E-state index in [1.54, 1.807) is 0 Å². The molecule has 6 nitrogen and oxygen atoms in total. The lowest BCUT2D eigenvalue weighted by Gasteiger charge is -2.21. The van der Waals surface area contributed by atoms with Gasteiger partial charge in [0.1, 0.15) is 11.2 Å². The fourth-order valence-corrected chi connectivity index (χ4v) is 5.03. The fraction of sp³-hybridized carbons (Fsp3) is 0.250. The molecule has 0 radical (unpaired) electrons. The molecule has 0 atom stereocenters. The zero-order valence-corrected chi connectivity index (χ0v) is 22.3. The highest BCUT2D eigenvalue weighted by Crippen LogP contribution is 2.29. The van der Waals surface area contributed by atoms with Crippen LogP contribution in [0.25, 0.3) is 44.2 Å². The van der Waals surface area contributed by atoms with Gasteiger partial charge in [0.15, 0.2) is 0 Å². The van der Waals surface area contributed by atoms with Gasteiger partial charge in [0.05, 0.1) is 11.1 Å². The number of hydrogen-bond acceptors (Lipinski definition) is 6. The highest BCUT2D eigenvalue weighted by molar-refractivity contribution is 5.87. The lowest BCUT2D eigenvalue weighted by atomic mass is 9.99. The Balaban J connectivity index is 1.54. The van der Waals surface area contributed by atoms with E-state index in [0.29, 0.717) is 33.4 Å². The summed E-state index contributed by atoms with van der Waals surface area (Å²) < 4.78 is 11.5. The summed E-state index contributed by atoms with van der Waals surface area (Å²) in [5.41, 5.74) is 4.58. The van der Waals surface area contributed by atoms with Crippen LogP contribution in [0.2, 0.25) is 0 Å². The van der Waals surface area contributed by atoms with Gasteiger partial charge in [-0.15, -0.1) is 0 Å². The molecule has 0 amide bonds. The molecule has 0 aliphatic carbocycles. The highest BCUT2D eigenvalue weighted by Gasteiger charge is 2.14. The number of fused-ring (bicyclic) bond motifs is 2. The van der Waals surface area contributed by atoms with E-state index in [0.717, 1.165) is 48.3 Å². The van der Waals surface area contributed by atoms with E-state index in [9.17, 15) is 9.59 Å². The fourth-order valence-electron chi connectivity index (χ4n) is 5.03. The van der Waals surface area contributed by atoms with E-state index < -0.39 is 11.3 Å². The summed E-state index contributed by atoms with van der Waals surface area (Å²) in [7, 11) is 0. The van der Waals surface area contributed by atoms with Crippen LogP contribution in [0.15, 0.2) is 91.2 Å². The van der Waals surface area contributed by atoms with Gasteiger partial charge >= 0.3 is 11.3 Å². The lowest BCUT2D eigenvalue weighted by molar-refractivity contribution is 0.563. The molecule has 0 aliphatic rings. The molecule has 3 aromatic carbocycles. The first-order chi connectivity index (χ1) is 18.4. The molecule has 0 bridgehead atoms. The predicted molar refractivity (Wildman–Crippen MR) is 157 cm³/mol. The van der Waals surface area contributed by atoms with Crippen molar-refractivity contribution in [3.8, 4) is 22.3 Å². The first kappa shape index (κ1) is 25.3. The van der Waals surface area contributed by atoms with Crippen LogP contribution in [0.1, 0.15) is 27.7 Å². The summed E-state index contributed by atoms with van der Waals surface area (Å²) in [6.07, 6.45) is 0. The van der Waals surface area contributed by atoms with Crippen molar-refractivity contribution >= 4 is 33.3 Å². The Labute approximate surface area is 221 Å². The largest absolute Gasteiger partial charge is 0.422 e. The predicted octanol–water partition coefficient (Wildman–Crippen LogP) is 6.93. The molecule has 0 aliphatic heterocycles. The number of nitrogens with zero attached hydrogens (tertiary/aromatic N) is 2. The zero-order chi connectivity index (χ0) is 26.8. The highest BCUT2D eigenvalue weighted by atomic mass is 16.4. The normalized spacial score (nSPS) is 11.3. The van der Waals surface area contributed by atoms with E-state index >= 15 is 0 Å². The minimum absolute atomic E-state index is 0.416. The van der Waals surface area contributed by atoms with Gasteiger partial charge in [-0.3, -0.25) is 0 Å². The number of anilines is 2. The number of benzene rings is 3. The van der Waals surface area contributed by atoms with Gasteiger partial charge in [-0.25, -0.2) is 9.59 Å². The standard InChI is InChI=1S/C32H32N2O4/c1-5-33(6-2)25-14-12-23-17-27(31(35)37-29(23)19-25)21-10-9-11-22(16-21)28-18-24-13-15-26(34(7-3)8-4)20-30(24)38-32(28)36/h9-20H,5-8H2,1-4H3. The molecule has 6 heteroatoms. The Bertz CT molecular complexity index is 1600. The minimum atomic E-state index is -0.416. The maximum atomic E-state index is 13.0. The summed E-state index contributed by atoms with van der Waals surface area (Å²) >= 11 is 0. The second-order valence-corrected chi connectivity index (χ2v) is 9.26. The Kier molecular flexibility index (Phi) is 7.05. The van der Waals surface area contributed by atoms with Gasteiger partial charge in [0.2, 0.25) is 0 Å². The molecule has 5 rings (SSSR count). The van der Waals surface area contributed by atoms with Crippen LogP contribution in [0.3, 0.4) is 0 Å². The molecule has 0 spiro atoms. The molecule has 0 fully saturated rings. The average Bonchev–Trinajstić information content (AvgIpc) is 2.93. The second-order valence-electron chi connectivity index (χ2n) is 9.26. The van der Waals surface area contributed by atoms with E-state index in [4.69, 9.17) is 8.83 Å². The van der Waals surface area contributed by atoms with Gasteiger partial charge in [-0.05, 0) is 81.3 Å². The maximum Gasteiger partial charge on any atom is 0.344 e. The van der Waals surface area contributed by atoms with E-state index in [2.05, 4.69) is 37.5 Å². The topological polar surface area (TPSA) is 66.9 Å². The van der Waals surface area contributed by atoms with Crippen molar-refractivity contribution in [1.29, 1.82) is 0 Å². The van der Waals surface area contributed by atoms with Crippen LogP contribution in [0, 0.1) is 0 Å². The molecule has 0 saturated carbocycles. The van der Waals surface area contributed by atoms with Gasteiger partial charge in [-0.1, -0.05) is 18.2 Å². The first-order valence-corrected chi connectivity index (χ1v) is 13.2. The molecule has 0 unspecified atom stereocenters. The molecule has 5 aromatic rings. The third-order valence-corrected chi connectivity index (χ3v) is 7.18. The second kappa shape index (κ2) is 10.6.